The molecule has 2 aromatic heterocycles. The Bertz CT molecular complexity index is 1780. The van der Waals surface area contributed by atoms with E-state index in [0.29, 0.717) is 27.9 Å². The molecule has 0 bridgehead atoms. The van der Waals surface area contributed by atoms with Crippen molar-refractivity contribution < 1.29 is 36.3 Å². The van der Waals surface area contributed by atoms with Crippen molar-refractivity contribution in [1.82, 2.24) is 19.4 Å². The number of carbonyl (C=O) groups excluding carboxylic acids is 3. The molecule has 5 heterocycles. The van der Waals surface area contributed by atoms with Crippen molar-refractivity contribution in [2.75, 3.05) is 28.3 Å². The molecule has 16 heteroatoms. The molecule has 3 aromatic rings. The second-order valence-corrected chi connectivity index (χ2v) is 12.2. The van der Waals surface area contributed by atoms with E-state index in [9.17, 15) is 36.3 Å². The zero-order chi connectivity index (χ0) is 33.9. The van der Waals surface area contributed by atoms with Gasteiger partial charge in [0.2, 0.25) is 17.7 Å². The second-order valence-electron chi connectivity index (χ2n) is 11.8. The molecule has 0 spiro atoms. The Labute approximate surface area is 271 Å². The predicted octanol–water partition coefficient (Wildman–Crippen LogP) is 4.83. The summed E-state index contributed by atoms with van der Waals surface area (Å²) in [5.41, 5.74) is 0.338. The molecule has 1 aromatic carbocycles. The quantitative estimate of drug-likeness (QED) is 0.284. The van der Waals surface area contributed by atoms with Crippen LogP contribution in [-0.2, 0) is 40.2 Å². The van der Waals surface area contributed by atoms with Crippen LogP contribution in [0.1, 0.15) is 29.2 Å². The highest BCUT2D eigenvalue weighted by molar-refractivity contribution is 6.34. The number of imidazole rings is 1. The molecule has 0 saturated carbocycles. The predicted molar refractivity (Wildman–Crippen MR) is 162 cm³/mol. The smallest absolute Gasteiger partial charge is 0.362 e. The Morgan fingerprint density at radius 3 is 2.60 bits per heavy atom. The van der Waals surface area contributed by atoms with E-state index in [1.165, 1.54) is 18.9 Å². The van der Waals surface area contributed by atoms with Gasteiger partial charge in [0, 0.05) is 44.4 Å². The molecule has 6 rings (SSSR count). The van der Waals surface area contributed by atoms with Gasteiger partial charge in [0.05, 0.1) is 40.7 Å². The van der Waals surface area contributed by atoms with Gasteiger partial charge in [-0.15, -0.1) is 0 Å². The van der Waals surface area contributed by atoms with E-state index in [0.717, 1.165) is 28.0 Å². The van der Waals surface area contributed by atoms with Gasteiger partial charge in [0.25, 0.3) is 6.43 Å². The van der Waals surface area contributed by atoms with Gasteiger partial charge in [-0.05, 0) is 37.3 Å². The number of hydrogen-bond acceptors (Lipinski definition) is 6. The third-order valence-corrected chi connectivity index (χ3v) is 9.04. The number of para-hydroxylation sites is 1. The fraction of sp³-hybridized carbons (Fsp3) is 0.387. The third kappa shape index (κ3) is 5.81. The summed E-state index contributed by atoms with van der Waals surface area (Å²) in [5, 5.41) is 0.293. The molecule has 3 amide bonds. The highest BCUT2D eigenvalue weighted by Crippen LogP contribution is 2.43. The van der Waals surface area contributed by atoms with Crippen LogP contribution in [0.5, 0.6) is 0 Å². The summed E-state index contributed by atoms with van der Waals surface area (Å²) in [5.74, 6) is -2.31. The maximum Gasteiger partial charge on any atom is 0.416 e. The SMILES string of the molecule is C=CC(=O)N1Cc2nc(CN3C[C@H]4CC(=O)N(c5cc(C(F)(F)F)cc(C)n5)[C@@H]4C(=O)N(C)c4cccc(Cl)c43)cn2CC1C(F)F. The molecule has 1 unspecified atom stereocenters. The topological polar surface area (TPSA) is 94.9 Å². The van der Waals surface area contributed by atoms with Crippen LogP contribution in [0.15, 0.2) is 49.2 Å². The Kier molecular flexibility index (Phi) is 8.22. The molecule has 1 saturated heterocycles. The van der Waals surface area contributed by atoms with Crippen LogP contribution in [0, 0.1) is 12.8 Å². The van der Waals surface area contributed by atoms with Crippen LogP contribution < -0.4 is 14.7 Å². The van der Waals surface area contributed by atoms with E-state index in [-0.39, 0.29) is 44.1 Å². The van der Waals surface area contributed by atoms with Gasteiger partial charge in [0.1, 0.15) is 23.7 Å². The Balaban J connectivity index is 1.39. The minimum atomic E-state index is -4.70. The van der Waals surface area contributed by atoms with Crippen molar-refractivity contribution in [1.29, 1.82) is 0 Å². The number of aryl methyl sites for hydroxylation is 1. The molecule has 0 N–H and O–H groups in total. The molecule has 3 aliphatic rings. The van der Waals surface area contributed by atoms with Gasteiger partial charge in [-0.1, -0.05) is 24.2 Å². The number of carbonyl (C=O) groups is 3. The first kappa shape index (κ1) is 32.4. The lowest BCUT2D eigenvalue weighted by atomic mass is 9.95. The van der Waals surface area contributed by atoms with Gasteiger partial charge in [0.15, 0.2) is 0 Å². The van der Waals surface area contributed by atoms with E-state index in [1.807, 2.05) is 4.90 Å². The number of halogens is 6. The number of rotatable bonds is 5. The summed E-state index contributed by atoms with van der Waals surface area (Å²) in [4.78, 5) is 54.0. The van der Waals surface area contributed by atoms with Crippen LogP contribution >= 0.6 is 11.6 Å². The Hall–Kier alpha value is -4.53. The molecule has 0 aliphatic carbocycles. The summed E-state index contributed by atoms with van der Waals surface area (Å²) in [6.45, 7) is 4.59. The molecule has 1 fully saturated rings. The fourth-order valence-electron chi connectivity index (χ4n) is 6.62. The lowest BCUT2D eigenvalue weighted by molar-refractivity contribution is -0.137. The molecular weight excluding hydrogens is 649 g/mol. The van der Waals surface area contributed by atoms with E-state index in [1.54, 1.807) is 29.0 Å². The summed E-state index contributed by atoms with van der Waals surface area (Å²) in [6, 6.07) is 4.01. The summed E-state index contributed by atoms with van der Waals surface area (Å²) >= 11 is 6.70. The van der Waals surface area contributed by atoms with Crippen LogP contribution in [0.2, 0.25) is 5.02 Å². The second kappa shape index (κ2) is 11.9. The Morgan fingerprint density at radius 1 is 1.17 bits per heavy atom. The number of aromatic nitrogens is 3. The van der Waals surface area contributed by atoms with Crippen molar-refractivity contribution in [2.24, 2.45) is 5.92 Å². The standard InChI is InChI=1S/C31H29ClF5N7O3/c1-4-25(45)43-15-24-39-19(12-41(24)14-22(43)29(33)34)13-42-11-17-9-26(46)44(23-10-18(31(35,36)37)8-16(2)38-23)27(17)30(47)40(3)21-7-5-6-20(32)28(21)42/h4-8,10,12,17,22,27,29H,1,9,11,13-15H2,2-3H3/t17-,22?,27+/m1/s1. The highest BCUT2D eigenvalue weighted by atomic mass is 35.5. The summed E-state index contributed by atoms with van der Waals surface area (Å²) in [7, 11) is 1.49. The van der Waals surface area contributed by atoms with Crippen molar-refractivity contribution in [3.8, 4) is 0 Å². The van der Waals surface area contributed by atoms with Crippen LogP contribution in [-0.4, -0.2) is 69.3 Å². The molecular formula is C31H29ClF5N7O3. The number of pyridine rings is 1. The van der Waals surface area contributed by atoms with Gasteiger partial charge < -0.3 is 19.3 Å². The number of hydrogen-bond donors (Lipinski definition) is 0. The Morgan fingerprint density at radius 2 is 1.91 bits per heavy atom. The molecule has 248 valence electrons. The number of fused-ring (bicyclic) bond motifs is 3. The monoisotopic (exact) mass is 677 g/mol. The average molecular weight is 678 g/mol. The van der Waals surface area contributed by atoms with Gasteiger partial charge in [-0.3, -0.25) is 19.3 Å². The van der Waals surface area contributed by atoms with E-state index in [4.69, 9.17) is 11.6 Å². The van der Waals surface area contributed by atoms with E-state index >= 15 is 0 Å². The van der Waals surface area contributed by atoms with E-state index < -0.39 is 53.9 Å². The fourth-order valence-corrected chi connectivity index (χ4v) is 6.91. The summed E-state index contributed by atoms with van der Waals surface area (Å²) in [6.07, 6.45) is -5.07. The zero-order valence-corrected chi connectivity index (χ0v) is 26.0. The van der Waals surface area contributed by atoms with Crippen LogP contribution in [0.4, 0.5) is 39.1 Å². The third-order valence-electron chi connectivity index (χ3n) is 8.73. The van der Waals surface area contributed by atoms with Crippen molar-refractivity contribution >= 4 is 46.5 Å². The van der Waals surface area contributed by atoms with Gasteiger partial charge in [-0.25, -0.2) is 18.7 Å². The first-order valence-electron chi connectivity index (χ1n) is 14.6. The van der Waals surface area contributed by atoms with E-state index in [2.05, 4.69) is 16.5 Å². The molecule has 3 aliphatic heterocycles. The van der Waals surface area contributed by atoms with Gasteiger partial charge in [-0.2, -0.15) is 13.2 Å². The van der Waals surface area contributed by atoms with Crippen molar-refractivity contribution in [2.45, 2.75) is 57.7 Å². The first-order chi connectivity index (χ1) is 22.2. The van der Waals surface area contributed by atoms with Gasteiger partial charge >= 0.3 is 6.18 Å². The number of anilines is 3. The van der Waals surface area contributed by atoms with Crippen molar-refractivity contribution in [3.05, 3.63) is 77.0 Å². The highest BCUT2D eigenvalue weighted by Gasteiger charge is 2.49. The van der Waals surface area contributed by atoms with Crippen LogP contribution in [0.3, 0.4) is 0 Å². The lowest BCUT2D eigenvalue weighted by Gasteiger charge is -2.39. The molecule has 0 radical (unpaired) electrons. The lowest BCUT2D eigenvalue weighted by Crippen LogP contribution is -2.52. The minimum absolute atomic E-state index is 0.0302. The maximum atomic E-state index is 14.0. The van der Waals surface area contributed by atoms with Crippen LogP contribution in [0.25, 0.3) is 0 Å². The number of benzene rings is 1. The number of nitrogens with zero attached hydrogens (tertiary/aromatic N) is 7. The van der Waals surface area contributed by atoms with Crippen molar-refractivity contribution in [3.63, 3.8) is 0 Å². The number of amides is 3. The minimum Gasteiger partial charge on any atom is -0.362 e. The average Bonchev–Trinajstić information content (AvgIpc) is 3.56. The zero-order valence-electron chi connectivity index (χ0n) is 25.2. The molecule has 47 heavy (non-hydrogen) atoms. The molecule has 10 nitrogen and oxygen atoms in total. The normalized spacial score (nSPS) is 21.4. The number of alkyl halides is 5. The maximum absolute atomic E-state index is 14.0. The first-order valence-corrected chi connectivity index (χ1v) is 15.0. The molecule has 3 atom stereocenters. The largest absolute Gasteiger partial charge is 0.416 e. The number of likely N-dealkylation sites (N-methyl/N-ethyl adjacent to an activating group) is 1. The summed E-state index contributed by atoms with van der Waals surface area (Å²) < 4.78 is 70.5.